The van der Waals surface area contributed by atoms with Crippen molar-refractivity contribution in [1.82, 2.24) is 4.90 Å². The van der Waals surface area contributed by atoms with Crippen LogP contribution in [0.25, 0.3) is 0 Å². The fraction of sp³-hybridized carbons (Fsp3) is 0.519. The first kappa shape index (κ1) is 22.5. The molecule has 0 amide bonds. The van der Waals surface area contributed by atoms with E-state index in [0.717, 1.165) is 44.3 Å². The number of hydrogen-bond donors (Lipinski definition) is 0. The molecule has 1 saturated carbocycles. The van der Waals surface area contributed by atoms with Crippen molar-refractivity contribution in [3.8, 4) is 6.07 Å². The Morgan fingerprint density at radius 1 is 1.03 bits per heavy atom. The summed E-state index contributed by atoms with van der Waals surface area (Å²) in [7, 11) is 0. The van der Waals surface area contributed by atoms with E-state index in [-0.39, 0.29) is 5.82 Å². The quantitative estimate of drug-likeness (QED) is 0.455. The van der Waals surface area contributed by atoms with Crippen molar-refractivity contribution in [2.75, 3.05) is 6.54 Å². The van der Waals surface area contributed by atoms with Crippen LogP contribution in [-0.4, -0.2) is 17.5 Å². The fourth-order valence-corrected chi connectivity index (χ4v) is 5.04. The lowest BCUT2D eigenvalue weighted by Crippen LogP contribution is -2.37. The molecule has 0 saturated heterocycles. The highest BCUT2D eigenvalue weighted by Gasteiger charge is 2.40. The summed E-state index contributed by atoms with van der Waals surface area (Å²) < 4.78 is 13.6. The average molecular weight is 407 g/mol. The van der Waals surface area contributed by atoms with Crippen molar-refractivity contribution >= 4 is 0 Å². The third kappa shape index (κ3) is 5.49. The van der Waals surface area contributed by atoms with Gasteiger partial charge in [-0.05, 0) is 75.3 Å². The van der Waals surface area contributed by atoms with Gasteiger partial charge in [0.05, 0.1) is 11.5 Å². The molecule has 2 aromatic carbocycles. The van der Waals surface area contributed by atoms with Gasteiger partial charge < -0.3 is 0 Å². The predicted octanol–water partition coefficient (Wildman–Crippen LogP) is 6.86. The zero-order chi connectivity index (χ0) is 21.4. The van der Waals surface area contributed by atoms with Crippen LogP contribution >= 0.6 is 0 Å². The molecule has 1 atom stereocenters. The lowest BCUT2D eigenvalue weighted by molar-refractivity contribution is 0.186. The Bertz CT molecular complexity index is 803. The number of rotatable bonds is 9. The molecule has 0 spiro atoms. The molecular formula is C27H35FN2. The summed E-state index contributed by atoms with van der Waals surface area (Å²) in [6.45, 7) is 6.37. The maximum atomic E-state index is 13.6. The molecule has 160 valence electrons. The number of hydrogen-bond acceptors (Lipinski definition) is 2. The van der Waals surface area contributed by atoms with Gasteiger partial charge in [0, 0.05) is 12.6 Å². The second kappa shape index (κ2) is 10.7. The van der Waals surface area contributed by atoms with Crippen LogP contribution in [0.1, 0.15) is 69.9 Å². The van der Waals surface area contributed by atoms with E-state index in [1.54, 1.807) is 0 Å². The molecule has 0 heterocycles. The molecule has 1 fully saturated rings. The first-order chi connectivity index (χ1) is 14.5. The van der Waals surface area contributed by atoms with Gasteiger partial charge in [-0.2, -0.15) is 5.26 Å². The van der Waals surface area contributed by atoms with Crippen LogP contribution in [0.4, 0.5) is 4.39 Å². The third-order valence-electron chi connectivity index (χ3n) is 6.84. The van der Waals surface area contributed by atoms with Gasteiger partial charge in [-0.3, -0.25) is 4.90 Å². The van der Waals surface area contributed by atoms with E-state index in [2.05, 4.69) is 55.1 Å². The second-order valence-corrected chi connectivity index (χ2v) is 9.08. The van der Waals surface area contributed by atoms with Crippen LogP contribution in [0, 0.1) is 23.1 Å². The molecule has 0 bridgehead atoms. The smallest absolute Gasteiger partial charge is 0.123 e. The van der Waals surface area contributed by atoms with Crippen LogP contribution in [0.2, 0.25) is 0 Å². The normalized spacial score (nSPS) is 17.1. The molecular weight excluding hydrogens is 371 g/mol. The van der Waals surface area contributed by atoms with E-state index < -0.39 is 5.41 Å². The second-order valence-electron chi connectivity index (χ2n) is 9.08. The van der Waals surface area contributed by atoms with Gasteiger partial charge in [-0.15, -0.1) is 0 Å². The Balaban J connectivity index is 1.75. The highest BCUT2D eigenvalue weighted by Crippen LogP contribution is 2.44. The molecule has 2 nitrogen and oxygen atoms in total. The SMILES string of the molecule is CC(C)N(CCCC(C#N)(c1ccc(F)cc1)C1CCCCC1)Cc1ccccc1. The van der Waals surface area contributed by atoms with Gasteiger partial charge >= 0.3 is 0 Å². The van der Waals surface area contributed by atoms with Gasteiger partial charge in [0.15, 0.2) is 0 Å². The summed E-state index contributed by atoms with van der Waals surface area (Å²) in [6.07, 6.45) is 7.65. The lowest BCUT2D eigenvalue weighted by Gasteiger charge is -2.39. The molecule has 3 heteroatoms. The van der Waals surface area contributed by atoms with Crippen LogP contribution in [-0.2, 0) is 12.0 Å². The van der Waals surface area contributed by atoms with Gasteiger partial charge in [0.1, 0.15) is 5.82 Å². The Morgan fingerprint density at radius 2 is 1.70 bits per heavy atom. The topological polar surface area (TPSA) is 27.0 Å². The summed E-state index contributed by atoms with van der Waals surface area (Å²) >= 11 is 0. The zero-order valence-electron chi connectivity index (χ0n) is 18.5. The van der Waals surface area contributed by atoms with Gasteiger partial charge in [-0.25, -0.2) is 4.39 Å². The lowest BCUT2D eigenvalue weighted by atomic mass is 9.63. The van der Waals surface area contributed by atoms with Crippen LogP contribution in [0.15, 0.2) is 54.6 Å². The molecule has 1 aliphatic rings. The maximum Gasteiger partial charge on any atom is 0.123 e. The number of halogens is 1. The zero-order valence-corrected chi connectivity index (χ0v) is 18.5. The Hall–Kier alpha value is -2.18. The predicted molar refractivity (Wildman–Crippen MR) is 121 cm³/mol. The van der Waals surface area contributed by atoms with Gasteiger partial charge in [0.25, 0.3) is 0 Å². The fourth-order valence-electron chi connectivity index (χ4n) is 5.04. The van der Waals surface area contributed by atoms with Crippen molar-refractivity contribution in [3.05, 3.63) is 71.5 Å². The van der Waals surface area contributed by atoms with Crippen molar-refractivity contribution in [2.24, 2.45) is 5.92 Å². The number of benzene rings is 2. The van der Waals surface area contributed by atoms with Crippen LogP contribution < -0.4 is 0 Å². The highest BCUT2D eigenvalue weighted by atomic mass is 19.1. The summed E-state index contributed by atoms with van der Waals surface area (Å²) in [5.74, 6) is 0.131. The first-order valence-corrected chi connectivity index (χ1v) is 11.5. The molecule has 0 radical (unpaired) electrons. The Morgan fingerprint density at radius 3 is 2.30 bits per heavy atom. The minimum Gasteiger partial charge on any atom is -0.297 e. The van der Waals surface area contributed by atoms with Crippen molar-refractivity contribution in [3.63, 3.8) is 0 Å². The average Bonchev–Trinajstić information content (AvgIpc) is 2.78. The minimum atomic E-state index is -0.510. The molecule has 30 heavy (non-hydrogen) atoms. The molecule has 3 rings (SSSR count). The first-order valence-electron chi connectivity index (χ1n) is 11.5. The molecule has 0 aliphatic heterocycles. The van der Waals surface area contributed by atoms with Gasteiger partial charge in [-0.1, -0.05) is 61.7 Å². The molecule has 2 aromatic rings. The van der Waals surface area contributed by atoms with E-state index in [4.69, 9.17) is 0 Å². The summed E-state index contributed by atoms with van der Waals surface area (Å²) in [5.41, 5.74) is 1.81. The van der Waals surface area contributed by atoms with E-state index in [1.807, 2.05) is 12.1 Å². The van der Waals surface area contributed by atoms with E-state index in [0.29, 0.717) is 12.0 Å². The molecule has 1 aliphatic carbocycles. The molecule has 0 N–H and O–H groups in total. The Labute approximate surface area is 181 Å². The Kier molecular flexibility index (Phi) is 8.05. The van der Waals surface area contributed by atoms with Gasteiger partial charge in [0.2, 0.25) is 0 Å². The van der Waals surface area contributed by atoms with Crippen LogP contribution in [0.5, 0.6) is 0 Å². The van der Waals surface area contributed by atoms with Crippen molar-refractivity contribution < 1.29 is 4.39 Å². The highest BCUT2D eigenvalue weighted by molar-refractivity contribution is 5.34. The molecule has 0 aromatic heterocycles. The molecule has 1 unspecified atom stereocenters. The summed E-state index contributed by atoms with van der Waals surface area (Å²) in [4.78, 5) is 2.49. The van der Waals surface area contributed by atoms with Crippen molar-refractivity contribution in [1.29, 1.82) is 5.26 Å². The monoisotopic (exact) mass is 406 g/mol. The number of nitriles is 1. The van der Waals surface area contributed by atoms with E-state index in [1.165, 1.54) is 37.0 Å². The van der Waals surface area contributed by atoms with Crippen LogP contribution in [0.3, 0.4) is 0 Å². The third-order valence-corrected chi connectivity index (χ3v) is 6.84. The standard InChI is InChI=1S/C27H35FN2/c1-22(2)30(20-23-10-5-3-6-11-23)19-9-18-27(21-29,24-12-7-4-8-13-24)25-14-16-26(28)17-15-25/h3,5-6,10-11,14-17,22,24H,4,7-9,12-13,18-20H2,1-2H3. The van der Waals surface area contributed by atoms with E-state index >= 15 is 0 Å². The number of nitrogens with zero attached hydrogens (tertiary/aromatic N) is 2. The minimum absolute atomic E-state index is 0.233. The van der Waals surface area contributed by atoms with Crippen molar-refractivity contribution in [2.45, 2.75) is 76.8 Å². The summed E-state index contributed by atoms with van der Waals surface area (Å²) in [6, 6.07) is 20.5. The van der Waals surface area contributed by atoms with E-state index in [9.17, 15) is 9.65 Å². The largest absolute Gasteiger partial charge is 0.297 e. The maximum absolute atomic E-state index is 13.6. The summed E-state index contributed by atoms with van der Waals surface area (Å²) in [5, 5.41) is 10.4.